The van der Waals surface area contributed by atoms with Crippen molar-refractivity contribution in [3.8, 4) is 16.2 Å². The number of nitriles is 1. The summed E-state index contributed by atoms with van der Waals surface area (Å²) in [5.41, 5.74) is 0.788. The molecule has 196 valence electrons. The zero-order chi connectivity index (χ0) is 26.1. The number of pyridine rings is 1. The molecule has 0 amide bonds. The first kappa shape index (κ1) is 24.9. The molecular weight excluding hydrogens is 569 g/mol. The molecule has 0 unspecified atom stereocenters. The monoisotopic (exact) mass is 596 g/mol. The first-order valence-electron chi connectivity index (χ1n) is 12.2. The standard InChI is InChI=1S/C23H26F2N8O2SSe/c1-12-9-32(10-13(2)27-12)17-8-15(36(34,35)31-23(11-26)5-6-23)7-16-18(19(14-3-4-14)30-33(16)17)21-28-29-22(37-21)20(24)25/h7-8,12-14,20,27,31H,3-6,9-10H2,1-2H3/t12-,13-/m0/s1. The molecule has 4 heterocycles. The van der Waals surface area contributed by atoms with Crippen LogP contribution in [-0.2, 0) is 10.0 Å². The van der Waals surface area contributed by atoms with Gasteiger partial charge in [-0.3, -0.25) is 0 Å². The fourth-order valence-corrected chi connectivity index (χ4v) is 7.99. The summed E-state index contributed by atoms with van der Waals surface area (Å²) in [4.78, 5) is 2.12. The molecule has 2 aliphatic carbocycles. The molecule has 3 aromatic heterocycles. The summed E-state index contributed by atoms with van der Waals surface area (Å²) in [6, 6.07) is 5.53. The molecule has 6 rings (SSSR count). The van der Waals surface area contributed by atoms with Crippen LogP contribution < -0.4 is 14.9 Å². The molecule has 2 saturated carbocycles. The van der Waals surface area contributed by atoms with Crippen LogP contribution in [0.3, 0.4) is 0 Å². The Morgan fingerprint density at radius 1 is 1.22 bits per heavy atom. The normalized spacial score (nSPS) is 23.5. The molecule has 14 heteroatoms. The van der Waals surface area contributed by atoms with Crippen molar-refractivity contribution >= 4 is 35.9 Å². The molecule has 2 N–H and O–H groups in total. The number of nitrogens with one attached hydrogen (secondary N) is 2. The van der Waals surface area contributed by atoms with Gasteiger partial charge in [0.1, 0.15) is 0 Å². The molecule has 0 bridgehead atoms. The number of hydrogen-bond donors (Lipinski definition) is 2. The van der Waals surface area contributed by atoms with Gasteiger partial charge in [-0.1, -0.05) is 0 Å². The van der Waals surface area contributed by atoms with E-state index in [1.165, 1.54) is 6.07 Å². The summed E-state index contributed by atoms with van der Waals surface area (Å²) in [6.45, 7) is 5.40. The van der Waals surface area contributed by atoms with E-state index in [0.717, 1.165) is 18.5 Å². The van der Waals surface area contributed by atoms with Crippen LogP contribution in [0.2, 0.25) is 0 Å². The quantitative estimate of drug-likeness (QED) is 0.398. The number of nitrogens with zero attached hydrogens (tertiary/aromatic N) is 6. The number of alkyl halides is 2. The Balaban J connectivity index is 1.57. The van der Waals surface area contributed by atoms with Gasteiger partial charge in [0.15, 0.2) is 0 Å². The van der Waals surface area contributed by atoms with E-state index in [1.54, 1.807) is 10.6 Å². The summed E-state index contributed by atoms with van der Waals surface area (Å²) < 4.78 is 58.3. The summed E-state index contributed by atoms with van der Waals surface area (Å²) in [5, 5.41) is 25.7. The average molecular weight is 596 g/mol. The van der Waals surface area contributed by atoms with Crippen LogP contribution in [-0.4, -0.2) is 73.4 Å². The number of aromatic nitrogens is 4. The van der Waals surface area contributed by atoms with E-state index in [1.807, 2.05) is 0 Å². The number of fused-ring (bicyclic) bond motifs is 1. The first-order valence-corrected chi connectivity index (χ1v) is 15.4. The van der Waals surface area contributed by atoms with E-state index >= 15 is 0 Å². The second-order valence-electron chi connectivity index (χ2n) is 10.3. The van der Waals surface area contributed by atoms with Crippen LogP contribution in [0.4, 0.5) is 14.6 Å². The van der Waals surface area contributed by atoms with Crippen molar-refractivity contribution in [1.29, 1.82) is 5.26 Å². The Hall–Kier alpha value is -2.43. The molecule has 0 spiro atoms. The number of hydrogen-bond acceptors (Lipinski definition) is 8. The van der Waals surface area contributed by atoms with Crippen molar-refractivity contribution in [3.63, 3.8) is 0 Å². The first-order chi connectivity index (χ1) is 17.6. The molecule has 37 heavy (non-hydrogen) atoms. The van der Waals surface area contributed by atoms with Crippen LogP contribution in [0, 0.1) is 11.3 Å². The van der Waals surface area contributed by atoms with Crippen molar-refractivity contribution in [3.05, 3.63) is 22.4 Å². The third-order valence-corrected chi connectivity index (χ3v) is 10.5. The van der Waals surface area contributed by atoms with Crippen molar-refractivity contribution in [2.24, 2.45) is 0 Å². The molecule has 3 fully saturated rings. The molecule has 3 aromatic rings. The van der Waals surface area contributed by atoms with Gasteiger partial charge in [0, 0.05) is 0 Å². The third kappa shape index (κ3) is 4.57. The predicted molar refractivity (Wildman–Crippen MR) is 132 cm³/mol. The van der Waals surface area contributed by atoms with Crippen molar-refractivity contribution in [2.75, 3.05) is 18.0 Å². The molecule has 0 radical (unpaired) electrons. The molecule has 1 aliphatic heterocycles. The van der Waals surface area contributed by atoms with Gasteiger partial charge in [-0.15, -0.1) is 0 Å². The zero-order valence-electron chi connectivity index (χ0n) is 20.3. The van der Waals surface area contributed by atoms with E-state index < -0.39 is 36.5 Å². The summed E-state index contributed by atoms with van der Waals surface area (Å²) in [6.07, 6.45) is 0.0818. The second kappa shape index (κ2) is 8.81. The number of anilines is 1. The van der Waals surface area contributed by atoms with Gasteiger partial charge in [-0.05, 0) is 0 Å². The van der Waals surface area contributed by atoms with Gasteiger partial charge in [0.2, 0.25) is 0 Å². The van der Waals surface area contributed by atoms with Gasteiger partial charge < -0.3 is 0 Å². The van der Waals surface area contributed by atoms with Gasteiger partial charge in [0.25, 0.3) is 0 Å². The number of sulfonamides is 1. The van der Waals surface area contributed by atoms with E-state index in [0.29, 0.717) is 47.4 Å². The van der Waals surface area contributed by atoms with E-state index in [4.69, 9.17) is 5.10 Å². The Bertz CT molecular complexity index is 1510. The van der Waals surface area contributed by atoms with Crippen LogP contribution in [0.15, 0.2) is 17.0 Å². The minimum atomic E-state index is -4.05. The zero-order valence-corrected chi connectivity index (χ0v) is 22.8. The van der Waals surface area contributed by atoms with Gasteiger partial charge in [-0.2, -0.15) is 0 Å². The molecule has 0 aromatic carbocycles. The maximum absolute atomic E-state index is 13.5. The molecule has 10 nitrogen and oxygen atoms in total. The van der Waals surface area contributed by atoms with Crippen LogP contribution in [0.1, 0.15) is 62.1 Å². The minimum absolute atomic E-state index is 0.0139. The van der Waals surface area contributed by atoms with Crippen LogP contribution in [0.5, 0.6) is 0 Å². The Labute approximate surface area is 218 Å². The fraction of sp³-hybridized carbons (Fsp3) is 0.565. The van der Waals surface area contributed by atoms with E-state index in [9.17, 15) is 22.5 Å². The number of halogens is 2. The van der Waals surface area contributed by atoms with E-state index in [-0.39, 0.29) is 27.5 Å². The van der Waals surface area contributed by atoms with Crippen LogP contribution >= 0.6 is 0 Å². The third-order valence-electron chi connectivity index (χ3n) is 7.01. The van der Waals surface area contributed by atoms with Crippen molar-refractivity contribution < 1.29 is 17.2 Å². The number of piperazine rings is 1. The maximum atomic E-state index is 13.5. The number of rotatable bonds is 7. The Kier molecular flexibility index (Phi) is 5.93. The fourth-order valence-electron chi connectivity index (χ4n) is 4.98. The van der Waals surface area contributed by atoms with Gasteiger partial charge in [0.05, 0.1) is 0 Å². The molecular formula is C23H26F2N8O2SSe. The summed E-state index contributed by atoms with van der Waals surface area (Å²) >= 11 is -0.786. The van der Waals surface area contributed by atoms with Crippen molar-refractivity contribution in [1.82, 2.24) is 29.9 Å². The van der Waals surface area contributed by atoms with E-state index in [2.05, 4.69) is 45.1 Å². The Morgan fingerprint density at radius 3 is 2.49 bits per heavy atom. The molecule has 1 saturated heterocycles. The topological polar surface area (TPSA) is 128 Å². The molecule has 2 atom stereocenters. The van der Waals surface area contributed by atoms with Crippen LogP contribution in [0.25, 0.3) is 15.6 Å². The van der Waals surface area contributed by atoms with Gasteiger partial charge >= 0.3 is 219 Å². The SMILES string of the molecule is C[C@H]1CN(c2cc(S(=O)(=O)NC3(C#N)CC3)cc3c(-c4nnc(C(F)F)[se]4)c(C4CC4)nn23)C[C@H](C)N1. The van der Waals surface area contributed by atoms with Crippen molar-refractivity contribution in [2.45, 2.75) is 74.4 Å². The second-order valence-corrected chi connectivity index (χ2v) is 14.1. The summed E-state index contributed by atoms with van der Waals surface area (Å²) in [7, 11) is -4.05. The molecule has 3 aliphatic rings. The summed E-state index contributed by atoms with van der Waals surface area (Å²) in [5.74, 6) is 0.776. The Morgan fingerprint density at radius 2 is 1.92 bits per heavy atom. The predicted octanol–water partition coefficient (Wildman–Crippen LogP) is 2.18. The average Bonchev–Trinajstić information content (AvgIpc) is 3.74. The van der Waals surface area contributed by atoms with Gasteiger partial charge in [-0.25, -0.2) is 0 Å².